The molecule has 7 rings (SSSR count). The number of nitriles is 1. The quantitative estimate of drug-likeness (QED) is 0.0747. The number of piperidine rings is 2. The van der Waals surface area contributed by atoms with Crippen LogP contribution in [0.15, 0.2) is 79.1 Å². The Labute approximate surface area is 405 Å². The van der Waals surface area contributed by atoms with Crippen LogP contribution in [0.25, 0.3) is 11.1 Å². The van der Waals surface area contributed by atoms with Crippen LogP contribution >= 0.6 is 23.2 Å². The number of carboxylic acids is 2. The molecular weight excluding hydrogens is 911 g/mol. The predicted molar refractivity (Wildman–Crippen MR) is 255 cm³/mol. The van der Waals surface area contributed by atoms with Gasteiger partial charge >= 0.3 is 17.9 Å². The molecule has 16 heteroatoms. The summed E-state index contributed by atoms with van der Waals surface area (Å²) in [6.07, 6.45) is 7.64. The predicted octanol–water partition coefficient (Wildman–Crippen LogP) is 9.71. The maximum Gasteiger partial charge on any atom is 0.343 e. The SMILES string of the molecule is COC(=O)COc1cc(OCc2cccc(-c3cccc(COc4cc(OCc5cncc(C#N)c5)c(CN5CCCC[C@H]5C(=O)O)cc4Cl)c3C)c2C)c(Cl)cc1CN1CCCC[C@H]1C(=O)O. The molecule has 14 nitrogen and oxygen atoms in total. The smallest absolute Gasteiger partial charge is 0.343 e. The summed E-state index contributed by atoms with van der Waals surface area (Å²) in [6.45, 7) is 6.00. The molecule has 0 amide bonds. The first-order valence-electron chi connectivity index (χ1n) is 22.5. The lowest BCUT2D eigenvalue weighted by Gasteiger charge is -2.33. The topological polar surface area (TPSA) is 181 Å². The highest BCUT2D eigenvalue weighted by Gasteiger charge is 2.31. The van der Waals surface area contributed by atoms with Crippen molar-refractivity contribution in [1.29, 1.82) is 5.26 Å². The van der Waals surface area contributed by atoms with Gasteiger partial charge in [-0.1, -0.05) is 72.4 Å². The van der Waals surface area contributed by atoms with Crippen LogP contribution in [0.1, 0.15) is 83.0 Å². The lowest BCUT2D eigenvalue weighted by Crippen LogP contribution is -2.44. The van der Waals surface area contributed by atoms with Gasteiger partial charge in [-0.2, -0.15) is 5.26 Å². The third-order valence-corrected chi connectivity index (χ3v) is 13.2. The van der Waals surface area contributed by atoms with Gasteiger partial charge < -0.3 is 33.9 Å². The Morgan fingerprint density at radius 2 is 1.18 bits per heavy atom. The fourth-order valence-corrected chi connectivity index (χ4v) is 9.29. The van der Waals surface area contributed by atoms with Gasteiger partial charge in [-0.05, 0) is 104 Å². The molecule has 2 N–H and O–H groups in total. The molecule has 4 aromatic carbocycles. The minimum atomic E-state index is -0.883. The normalized spacial score (nSPS) is 16.4. The molecule has 3 heterocycles. The number of rotatable bonds is 19. The number of benzene rings is 4. The van der Waals surface area contributed by atoms with Crippen molar-refractivity contribution in [2.24, 2.45) is 0 Å². The van der Waals surface area contributed by atoms with Crippen molar-refractivity contribution in [2.75, 3.05) is 26.8 Å². The zero-order valence-electron chi connectivity index (χ0n) is 38.3. The molecule has 2 aliphatic rings. The Bertz CT molecular complexity index is 2690. The molecule has 0 unspecified atom stereocenters. The second kappa shape index (κ2) is 23.1. The number of carbonyl (C=O) groups excluding carboxylic acids is 1. The lowest BCUT2D eigenvalue weighted by atomic mass is 9.92. The van der Waals surface area contributed by atoms with E-state index in [1.807, 2.05) is 47.9 Å². The largest absolute Gasteiger partial charge is 0.488 e. The van der Waals surface area contributed by atoms with E-state index in [-0.39, 0.29) is 33.0 Å². The third-order valence-electron chi connectivity index (χ3n) is 12.6. The first-order valence-corrected chi connectivity index (χ1v) is 23.3. The zero-order chi connectivity index (χ0) is 48.3. The van der Waals surface area contributed by atoms with Gasteiger partial charge in [0.2, 0.25) is 0 Å². The van der Waals surface area contributed by atoms with Crippen molar-refractivity contribution in [1.82, 2.24) is 14.8 Å². The van der Waals surface area contributed by atoms with Gasteiger partial charge in [0.1, 0.15) is 61.0 Å². The summed E-state index contributed by atoms with van der Waals surface area (Å²) in [5, 5.41) is 29.9. The summed E-state index contributed by atoms with van der Waals surface area (Å²) in [4.78, 5) is 44.3. The van der Waals surface area contributed by atoms with Crippen molar-refractivity contribution in [3.63, 3.8) is 0 Å². The van der Waals surface area contributed by atoms with Gasteiger partial charge in [0, 0.05) is 54.3 Å². The molecule has 1 aromatic heterocycles. The third kappa shape index (κ3) is 12.2. The number of aliphatic carboxylic acids is 2. The maximum atomic E-state index is 12.2. The minimum Gasteiger partial charge on any atom is -0.488 e. The number of hydrogen-bond donors (Lipinski definition) is 2. The molecule has 0 bridgehead atoms. The van der Waals surface area contributed by atoms with Crippen LogP contribution in [0.2, 0.25) is 10.0 Å². The molecule has 0 saturated carbocycles. The van der Waals surface area contributed by atoms with Crippen LogP contribution in [0.5, 0.6) is 23.0 Å². The van der Waals surface area contributed by atoms with Crippen LogP contribution in [0.3, 0.4) is 0 Å². The van der Waals surface area contributed by atoms with Gasteiger partial charge in [0.25, 0.3) is 0 Å². The number of carboxylic acid groups (broad SMARTS) is 2. The Morgan fingerprint density at radius 1 is 0.676 bits per heavy atom. The summed E-state index contributed by atoms with van der Waals surface area (Å²) in [5.74, 6) is -0.755. The van der Waals surface area contributed by atoms with Crippen molar-refractivity contribution >= 4 is 41.1 Å². The van der Waals surface area contributed by atoms with E-state index in [0.29, 0.717) is 87.8 Å². The number of ether oxygens (including phenoxy) is 5. The minimum absolute atomic E-state index is 0.116. The molecule has 68 heavy (non-hydrogen) atoms. The van der Waals surface area contributed by atoms with E-state index in [1.54, 1.807) is 36.5 Å². The van der Waals surface area contributed by atoms with Crippen LogP contribution in [0.4, 0.5) is 0 Å². The highest BCUT2D eigenvalue weighted by molar-refractivity contribution is 6.32. The Balaban J connectivity index is 1.09. The standard InChI is InChI=1S/C52H54Cl2N4O10/c1-32-36(29-66-48-21-46(65-28-35-18-34(23-55)24-56-25-35)38(19-42(48)53)26-57-16-6-4-14-44(57)51(60)61)10-8-12-40(32)41-13-9-11-37(33(41)2)30-67-49-22-47(68-31-50(59)64-3)39(20-43(49)54)27-58-17-7-5-15-45(58)52(62)63/h8-13,18-22,24-25,44-45H,4-7,14-17,26-31H2,1-3H3,(H,60,61)(H,62,63)/t44-,45-/m0/s1. The first kappa shape index (κ1) is 49.5. The fraction of sp³-hybridized carbons (Fsp3) is 0.365. The highest BCUT2D eigenvalue weighted by atomic mass is 35.5. The second-order valence-electron chi connectivity index (χ2n) is 17.0. The van der Waals surface area contributed by atoms with Gasteiger partial charge in [-0.15, -0.1) is 0 Å². The van der Waals surface area contributed by atoms with E-state index in [4.69, 9.17) is 46.9 Å². The molecule has 0 radical (unpaired) electrons. The number of halogens is 2. The Kier molecular flexibility index (Phi) is 16.8. The van der Waals surface area contributed by atoms with E-state index < -0.39 is 30.0 Å². The van der Waals surface area contributed by atoms with E-state index in [1.165, 1.54) is 13.3 Å². The number of hydrogen-bond acceptors (Lipinski definition) is 12. The number of pyridine rings is 1. The van der Waals surface area contributed by atoms with E-state index in [9.17, 15) is 29.9 Å². The van der Waals surface area contributed by atoms with Gasteiger partial charge in [-0.25, -0.2) is 4.79 Å². The second-order valence-corrected chi connectivity index (χ2v) is 17.8. The lowest BCUT2D eigenvalue weighted by molar-refractivity contribution is -0.145. The van der Waals surface area contributed by atoms with E-state index in [0.717, 1.165) is 59.1 Å². The van der Waals surface area contributed by atoms with Crippen LogP contribution in [0, 0.1) is 25.2 Å². The van der Waals surface area contributed by atoms with Crippen LogP contribution in [-0.4, -0.2) is 81.8 Å². The molecule has 2 saturated heterocycles. The van der Waals surface area contributed by atoms with Crippen molar-refractivity contribution < 1.29 is 48.3 Å². The van der Waals surface area contributed by atoms with Crippen molar-refractivity contribution in [3.8, 4) is 40.2 Å². The van der Waals surface area contributed by atoms with E-state index in [2.05, 4.69) is 23.2 Å². The fourth-order valence-electron chi connectivity index (χ4n) is 8.80. The molecule has 0 spiro atoms. The number of nitrogens with zero attached hydrogens (tertiary/aromatic N) is 4. The molecule has 2 atom stereocenters. The first-order chi connectivity index (χ1) is 32.8. The zero-order valence-corrected chi connectivity index (χ0v) is 39.8. The molecule has 356 valence electrons. The Hall–Kier alpha value is -6.37. The summed E-state index contributed by atoms with van der Waals surface area (Å²) >= 11 is 13.7. The molecule has 0 aliphatic carbocycles. The van der Waals surface area contributed by atoms with Gasteiger partial charge in [-0.3, -0.25) is 24.4 Å². The van der Waals surface area contributed by atoms with E-state index >= 15 is 0 Å². The molecule has 2 fully saturated rings. The number of carbonyl (C=O) groups is 3. The highest BCUT2D eigenvalue weighted by Crippen LogP contribution is 2.39. The summed E-state index contributed by atoms with van der Waals surface area (Å²) in [7, 11) is 1.27. The van der Waals surface area contributed by atoms with Crippen molar-refractivity contribution in [3.05, 3.63) is 134 Å². The van der Waals surface area contributed by atoms with Gasteiger partial charge in [0.05, 0.1) is 22.7 Å². The molecule has 2 aliphatic heterocycles. The van der Waals surface area contributed by atoms with Gasteiger partial charge in [0.15, 0.2) is 6.61 Å². The number of aromatic nitrogens is 1. The number of methoxy groups -OCH3 is 1. The Morgan fingerprint density at radius 3 is 1.66 bits per heavy atom. The summed E-state index contributed by atoms with van der Waals surface area (Å²) in [6, 6.07) is 21.4. The van der Waals surface area contributed by atoms with Crippen LogP contribution < -0.4 is 18.9 Å². The van der Waals surface area contributed by atoms with Crippen LogP contribution in [-0.2, 0) is 52.0 Å². The number of esters is 1. The average molecular weight is 966 g/mol. The average Bonchev–Trinajstić information content (AvgIpc) is 3.33. The monoisotopic (exact) mass is 964 g/mol. The number of likely N-dealkylation sites (tertiary alicyclic amines) is 2. The summed E-state index contributed by atoms with van der Waals surface area (Å²) in [5.41, 5.74) is 8.26. The molecular formula is C52H54Cl2N4O10. The molecule has 5 aromatic rings. The maximum absolute atomic E-state index is 12.2. The summed E-state index contributed by atoms with van der Waals surface area (Å²) < 4.78 is 29.8. The van der Waals surface area contributed by atoms with Crippen molar-refractivity contribution in [2.45, 2.75) is 97.4 Å².